The Balaban J connectivity index is 1.14. The quantitative estimate of drug-likeness (QED) is 0.602. The van der Waals surface area contributed by atoms with Crippen LogP contribution in [0.1, 0.15) is 18.1 Å². The number of methoxy groups -OCH3 is 2. The predicted octanol–water partition coefficient (Wildman–Crippen LogP) is 3.68. The number of oxime groups is 1. The van der Waals surface area contributed by atoms with Crippen molar-refractivity contribution in [1.82, 2.24) is 9.80 Å². The molecule has 0 amide bonds. The van der Waals surface area contributed by atoms with Crippen molar-refractivity contribution in [1.29, 1.82) is 0 Å². The van der Waals surface area contributed by atoms with Crippen LogP contribution < -0.4 is 14.2 Å². The highest BCUT2D eigenvalue weighted by molar-refractivity contribution is 6.06. The fraction of sp³-hybridized carbons (Fsp3) is 0.444. The minimum Gasteiger partial charge on any atom is -0.493 e. The lowest BCUT2D eigenvalue weighted by Gasteiger charge is -2.36. The molecular formula is C27H32FN3O4. The van der Waals surface area contributed by atoms with Crippen molar-refractivity contribution < 1.29 is 23.4 Å². The summed E-state index contributed by atoms with van der Waals surface area (Å²) in [5.41, 5.74) is 4.14. The minimum absolute atomic E-state index is 0.0297. The standard InChI is InChI=1S/C27H32FN3O4/c1-18(12-19-4-6-20(28)7-5-19)15-30-8-10-31(11-9-30)16-26-22-17-34-23-14-25(33-3)24(32-2)13-21(23)27(22)29-35-26/h4-7,12-14,22,26H,8-11,15-17H2,1-3H3/b18-12+/t22-,26-/m1/s1. The normalized spacial score (nSPS) is 22.5. The van der Waals surface area contributed by atoms with Gasteiger partial charge in [0, 0.05) is 50.9 Å². The Labute approximate surface area is 205 Å². The fourth-order valence-corrected chi connectivity index (χ4v) is 5.02. The number of rotatable bonds is 7. The Bertz CT molecular complexity index is 1110. The maximum atomic E-state index is 13.1. The number of fused-ring (bicyclic) bond motifs is 3. The monoisotopic (exact) mass is 481 g/mol. The van der Waals surface area contributed by atoms with E-state index in [4.69, 9.17) is 19.0 Å². The highest BCUT2D eigenvalue weighted by atomic mass is 19.1. The van der Waals surface area contributed by atoms with Crippen molar-refractivity contribution in [2.24, 2.45) is 11.1 Å². The van der Waals surface area contributed by atoms with Gasteiger partial charge in [-0.05, 0) is 30.7 Å². The molecule has 0 aliphatic carbocycles. The van der Waals surface area contributed by atoms with E-state index >= 15 is 0 Å². The van der Waals surface area contributed by atoms with Crippen molar-refractivity contribution in [2.45, 2.75) is 13.0 Å². The highest BCUT2D eigenvalue weighted by Gasteiger charge is 2.41. The van der Waals surface area contributed by atoms with Gasteiger partial charge in [-0.1, -0.05) is 28.9 Å². The predicted molar refractivity (Wildman–Crippen MR) is 133 cm³/mol. The third-order valence-corrected chi connectivity index (χ3v) is 6.93. The van der Waals surface area contributed by atoms with E-state index in [9.17, 15) is 4.39 Å². The lowest BCUT2D eigenvalue weighted by atomic mass is 9.90. The second kappa shape index (κ2) is 10.3. The highest BCUT2D eigenvalue weighted by Crippen LogP contribution is 2.40. The second-order valence-electron chi connectivity index (χ2n) is 9.36. The van der Waals surface area contributed by atoms with Gasteiger partial charge in [0.05, 0.1) is 20.1 Å². The Morgan fingerprint density at radius 3 is 2.46 bits per heavy atom. The summed E-state index contributed by atoms with van der Waals surface area (Å²) in [4.78, 5) is 10.8. The SMILES string of the molecule is COc1cc2c(cc1OC)C1=NO[C@H](CN3CCN(C/C(C)=C/c4ccc(F)cc4)CC3)[C@H]1CO2. The van der Waals surface area contributed by atoms with Gasteiger partial charge in [-0.25, -0.2) is 4.39 Å². The molecule has 2 aromatic rings. The van der Waals surface area contributed by atoms with E-state index in [0.717, 1.165) is 61.9 Å². The molecule has 0 unspecified atom stereocenters. The molecule has 3 heterocycles. The summed E-state index contributed by atoms with van der Waals surface area (Å²) in [6.45, 7) is 8.36. The van der Waals surface area contributed by atoms with Crippen molar-refractivity contribution in [3.63, 3.8) is 0 Å². The van der Waals surface area contributed by atoms with Crippen LogP contribution in [0, 0.1) is 11.7 Å². The van der Waals surface area contributed by atoms with Crippen LogP contribution in [0.3, 0.4) is 0 Å². The largest absolute Gasteiger partial charge is 0.493 e. The third-order valence-electron chi connectivity index (χ3n) is 6.93. The maximum absolute atomic E-state index is 13.1. The third kappa shape index (κ3) is 5.13. The molecule has 0 N–H and O–H groups in total. The van der Waals surface area contributed by atoms with Crippen LogP contribution in [-0.2, 0) is 4.84 Å². The first-order valence-electron chi connectivity index (χ1n) is 12.0. The van der Waals surface area contributed by atoms with Gasteiger partial charge in [0.25, 0.3) is 0 Å². The van der Waals surface area contributed by atoms with Crippen molar-refractivity contribution in [3.8, 4) is 17.2 Å². The molecule has 0 aromatic heterocycles. The Morgan fingerprint density at radius 1 is 1.06 bits per heavy atom. The molecule has 1 fully saturated rings. The molecule has 0 saturated carbocycles. The van der Waals surface area contributed by atoms with Gasteiger partial charge < -0.3 is 19.0 Å². The summed E-state index contributed by atoms with van der Waals surface area (Å²) in [6, 6.07) is 10.4. The van der Waals surface area contributed by atoms with Crippen molar-refractivity contribution in [3.05, 3.63) is 58.9 Å². The van der Waals surface area contributed by atoms with Gasteiger partial charge in [0.15, 0.2) is 17.6 Å². The molecule has 35 heavy (non-hydrogen) atoms. The molecule has 1 saturated heterocycles. The molecule has 0 radical (unpaired) electrons. The zero-order valence-electron chi connectivity index (χ0n) is 20.5. The van der Waals surface area contributed by atoms with Crippen LogP contribution in [-0.4, -0.2) is 81.7 Å². The van der Waals surface area contributed by atoms with Crippen molar-refractivity contribution in [2.75, 3.05) is 60.1 Å². The van der Waals surface area contributed by atoms with Gasteiger partial charge in [0.1, 0.15) is 23.9 Å². The molecule has 3 aliphatic rings. The van der Waals surface area contributed by atoms with E-state index in [1.54, 1.807) is 14.2 Å². The van der Waals surface area contributed by atoms with E-state index in [1.165, 1.54) is 17.7 Å². The van der Waals surface area contributed by atoms with E-state index < -0.39 is 0 Å². The first-order valence-corrected chi connectivity index (χ1v) is 12.0. The summed E-state index contributed by atoms with van der Waals surface area (Å²) in [6.07, 6.45) is 2.10. The number of ether oxygens (including phenoxy) is 3. The number of hydrogen-bond acceptors (Lipinski definition) is 7. The average molecular weight is 482 g/mol. The fourth-order valence-electron chi connectivity index (χ4n) is 5.02. The zero-order valence-corrected chi connectivity index (χ0v) is 20.5. The average Bonchev–Trinajstić information content (AvgIpc) is 3.28. The molecular weight excluding hydrogens is 449 g/mol. The van der Waals surface area contributed by atoms with Crippen LogP contribution in [0.4, 0.5) is 4.39 Å². The molecule has 186 valence electrons. The molecule has 3 aliphatic heterocycles. The van der Waals surface area contributed by atoms with Gasteiger partial charge in [0.2, 0.25) is 0 Å². The van der Waals surface area contributed by atoms with Crippen LogP contribution in [0.2, 0.25) is 0 Å². The molecule has 5 rings (SSSR count). The lowest BCUT2D eigenvalue weighted by molar-refractivity contribution is 0.0101. The van der Waals surface area contributed by atoms with Gasteiger partial charge in [-0.3, -0.25) is 9.80 Å². The van der Waals surface area contributed by atoms with Crippen LogP contribution in [0.15, 0.2) is 47.1 Å². The van der Waals surface area contributed by atoms with E-state index in [-0.39, 0.29) is 17.8 Å². The first-order chi connectivity index (χ1) is 17.0. The molecule has 2 aromatic carbocycles. The summed E-state index contributed by atoms with van der Waals surface area (Å²) in [7, 11) is 3.24. The van der Waals surface area contributed by atoms with Crippen molar-refractivity contribution >= 4 is 11.8 Å². The summed E-state index contributed by atoms with van der Waals surface area (Å²) in [5, 5.41) is 4.45. The Hall–Kier alpha value is -3.10. The number of hydrogen-bond donors (Lipinski definition) is 0. The second-order valence-corrected chi connectivity index (χ2v) is 9.36. The van der Waals surface area contributed by atoms with Gasteiger partial charge in [-0.15, -0.1) is 0 Å². The molecule has 7 nitrogen and oxygen atoms in total. The first kappa shape index (κ1) is 23.6. The lowest BCUT2D eigenvalue weighted by Crippen LogP contribution is -2.50. The smallest absolute Gasteiger partial charge is 0.164 e. The molecule has 0 spiro atoms. The summed E-state index contributed by atoms with van der Waals surface area (Å²) in [5.74, 6) is 1.94. The topological polar surface area (TPSA) is 55.8 Å². The minimum atomic E-state index is -0.205. The van der Waals surface area contributed by atoms with E-state index in [1.807, 2.05) is 24.3 Å². The molecule has 8 heteroatoms. The van der Waals surface area contributed by atoms with Crippen LogP contribution in [0.5, 0.6) is 17.2 Å². The number of benzene rings is 2. The molecule has 2 atom stereocenters. The van der Waals surface area contributed by atoms with Crippen LogP contribution in [0.25, 0.3) is 6.08 Å². The molecule has 0 bridgehead atoms. The Kier molecular flexibility index (Phi) is 6.92. The van der Waals surface area contributed by atoms with Gasteiger partial charge in [-0.2, -0.15) is 0 Å². The van der Waals surface area contributed by atoms with E-state index in [0.29, 0.717) is 18.1 Å². The van der Waals surface area contributed by atoms with E-state index in [2.05, 4.69) is 28.0 Å². The number of piperazine rings is 1. The Morgan fingerprint density at radius 2 is 1.74 bits per heavy atom. The summed E-state index contributed by atoms with van der Waals surface area (Å²) >= 11 is 0. The number of nitrogens with zero attached hydrogens (tertiary/aromatic N) is 3. The van der Waals surface area contributed by atoms with Crippen LogP contribution >= 0.6 is 0 Å². The number of halogens is 1. The maximum Gasteiger partial charge on any atom is 0.164 e. The van der Waals surface area contributed by atoms with Gasteiger partial charge >= 0.3 is 0 Å². The zero-order chi connectivity index (χ0) is 24.4. The summed E-state index contributed by atoms with van der Waals surface area (Å²) < 4.78 is 30.1.